The predicted octanol–water partition coefficient (Wildman–Crippen LogP) is 3.72. The summed E-state index contributed by atoms with van der Waals surface area (Å²) in [5.74, 6) is 0. The highest BCUT2D eigenvalue weighted by atomic mass is 35.5. The number of aliphatic hydroxyl groups excluding tert-OH is 1. The molecule has 1 amide bonds. The number of aliphatic hydroxyl groups is 1. The van der Waals surface area contributed by atoms with Crippen molar-refractivity contribution >= 4 is 27.7 Å². The van der Waals surface area contributed by atoms with Crippen LogP contribution in [0.1, 0.15) is 59.3 Å². The van der Waals surface area contributed by atoms with Gasteiger partial charge in [-0.25, -0.2) is 13.2 Å². The third-order valence-electron chi connectivity index (χ3n) is 7.96. The zero-order valence-corrected chi connectivity index (χ0v) is 22.5. The van der Waals surface area contributed by atoms with Gasteiger partial charge in [0, 0.05) is 42.8 Å². The summed E-state index contributed by atoms with van der Waals surface area (Å²) >= 11 is 6.00. The van der Waals surface area contributed by atoms with Crippen molar-refractivity contribution in [2.45, 2.75) is 87.4 Å². The Labute approximate surface area is 214 Å². The van der Waals surface area contributed by atoms with E-state index < -0.39 is 15.6 Å². The molecule has 3 fully saturated rings. The van der Waals surface area contributed by atoms with E-state index in [9.17, 15) is 18.3 Å². The van der Waals surface area contributed by atoms with Crippen LogP contribution in [-0.4, -0.2) is 89.7 Å². The van der Waals surface area contributed by atoms with E-state index in [1.807, 2.05) is 20.8 Å². The van der Waals surface area contributed by atoms with Crippen LogP contribution in [0.2, 0.25) is 5.02 Å². The molecule has 1 aromatic rings. The Balaban J connectivity index is 1.51. The fraction of sp³-hybridized carbons (Fsp3) is 0.720. The number of rotatable bonds is 7. The number of benzene rings is 1. The number of hydrogen-bond donors (Lipinski definition) is 1. The second-order valence-corrected chi connectivity index (χ2v) is 13.0. The van der Waals surface area contributed by atoms with Crippen molar-refractivity contribution in [1.82, 2.24) is 14.1 Å². The summed E-state index contributed by atoms with van der Waals surface area (Å²) in [6.07, 6.45) is 4.06. The SMILES string of the molecule is CCC1CCCC(C2(OC(=O)N3CCN(C(C)(C)CO)CC3)CC2)N1S(=O)(=O)c1ccc(Cl)cc1. The van der Waals surface area contributed by atoms with Crippen LogP contribution in [0.15, 0.2) is 29.2 Å². The van der Waals surface area contributed by atoms with Crippen LogP contribution in [0.5, 0.6) is 0 Å². The summed E-state index contributed by atoms with van der Waals surface area (Å²) in [6.45, 7) is 8.41. The first kappa shape index (κ1) is 26.7. The smallest absolute Gasteiger partial charge is 0.410 e. The lowest BCUT2D eigenvalue weighted by Gasteiger charge is -2.45. The van der Waals surface area contributed by atoms with Crippen molar-refractivity contribution < 1.29 is 23.1 Å². The molecule has 35 heavy (non-hydrogen) atoms. The molecule has 1 aromatic carbocycles. The van der Waals surface area contributed by atoms with Crippen LogP contribution in [0, 0.1) is 0 Å². The van der Waals surface area contributed by atoms with Crippen molar-refractivity contribution in [2.75, 3.05) is 32.8 Å². The summed E-state index contributed by atoms with van der Waals surface area (Å²) in [5.41, 5.74) is -1.10. The average molecular weight is 528 g/mol. The minimum absolute atomic E-state index is 0.0543. The Kier molecular flexibility index (Phi) is 7.75. The predicted molar refractivity (Wildman–Crippen MR) is 135 cm³/mol. The fourth-order valence-corrected chi connectivity index (χ4v) is 7.62. The van der Waals surface area contributed by atoms with E-state index in [1.54, 1.807) is 33.5 Å². The van der Waals surface area contributed by atoms with E-state index in [1.165, 1.54) is 0 Å². The third kappa shape index (κ3) is 5.34. The highest BCUT2D eigenvalue weighted by Crippen LogP contribution is 2.50. The van der Waals surface area contributed by atoms with E-state index in [-0.39, 0.29) is 35.2 Å². The lowest BCUT2D eigenvalue weighted by molar-refractivity contribution is -0.0245. The Bertz CT molecular complexity index is 1000. The highest BCUT2D eigenvalue weighted by molar-refractivity contribution is 7.89. The van der Waals surface area contributed by atoms with Crippen LogP contribution in [0.25, 0.3) is 0 Å². The van der Waals surface area contributed by atoms with E-state index in [0.717, 1.165) is 12.8 Å². The van der Waals surface area contributed by atoms with Gasteiger partial charge in [-0.3, -0.25) is 4.90 Å². The minimum Gasteiger partial charge on any atom is -0.441 e. The van der Waals surface area contributed by atoms with Crippen molar-refractivity contribution in [3.63, 3.8) is 0 Å². The van der Waals surface area contributed by atoms with Crippen molar-refractivity contribution in [3.8, 4) is 0 Å². The van der Waals surface area contributed by atoms with E-state index >= 15 is 0 Å². The summed E-state index contributed by atoms with van der Waals surface area (Å²) < 4.78 is 35.4. The maximum absolute atomic E-state index is 13.8. The van der Waals surface area contributed by atoms with Gasteiger partial charge in [-0.2, -0.15) is 4.31 Å². The molecule has 3 aliphatic rings. The van der Waals surface area contributed by atoms with Crippen LogP contribution in [0.3, 0.4) is 0 Å². The van der Waals surface area contributed by atoms with Crippen LogP contribution < -0.4 is 0 Å². The molecule has 2 atom stereocenters. The number of carbonyl (C=O) groups is 1. The lowest BCUT2D eigenvalue weighted by Crippen LogP contribution is -2.59. The van der Waals surface area contributed by atoms with E-state index in [2.05, 4.69) is 4.90 Å². The highest BCUT2D eigenvalue weighted by Gasteiger charge is 2.59. The molecule has 1 saturated carbocycles. The molecule has 0 radical (unpaired) electrons. The Morgan fingerprint density at radius 3 is 2.31 bits per heavy atom. The van der Waals surface area contributed by atoms with Gasteiger partial charge in [-0.05, 0) is 70.2 Å². The summed E-state index contributed by atoms with van der Waals surface area (Å²) in [7, 11) is -3.78. The second-order valence-electron chi connectivity index (χ2n) is 10.7. The fourth-order valence-electron chi connectivity index (χ4n) is 5.49. The second kappa shape index (κ2) is 10.2. The summed E-state index contributed by atoms with van der Waals surface area (Å²) in [4.78, 5) is 17.3. The molecular weight excluding hydrogens is 490 g/mol. The molecule has 196 valence electrons. The van der Waals surface area contributed by atoms with Gasteiger partial charge in [0.2, 0.25) is 10.0 Å². The number of piperidine rings is 1. The first-order valence-corrected chi connectivity index (χ1v) is 14.5. The number of carbonyl (C=O) groups excluding carboxylic acids is 1. The molecule has 4 rings (SSSR count). The minimum atomic E-state index is -3.78. The first-order valence-electron chi connectivity index (χ1n) is 12.7. The molecule has 2 unspecified atom stereocenters. The number of amides is 1. The number of hydrogen-bond acceptors (Lipinski definition) is 6. The molecule has 0 spiro atoms. The van der Waals surface area contributed by atoms with Gasteiger partial charge in [0.25, 0.3) is 0 Å². The van der Waals surface area contributed by atoms with Crippen molar-refractivity contribution in [3.05, 3.63) is 29.3 Å². The average Bonchev–Trinajstić information content (AvgIpc) is 3.64. The number of halogens is 1. The Hall–Kier alpha value is -1.39. The standard InChI is InChI=1S/C25H38ClN3O5S/c1-4-20-6-5-7-22(29(20)35(32,33)21-10-8-19(26)9-11-21)25(12-13-25)34-23(31)27-14-16-28(17-15-27)24(2,3)18-30/h8-11,20,22,30H,4-7,12-18H2,1-3H3. The van der Waals surface area contributed by atoms with Gasteiger partial charge in [0.05, 0.1) is 17.5 Å². The molecule has 2 aliphatic heterocycles. The Morgan fingerprint density at radius 1 is 1.14 bits per heavy atom. The van der Waals surface area contributed by atoms with Crippen molar-refractivity contribution in [2.24, 2.45) is 0 Å². The number of nitrogens with zero attached hydrogens (tertiary/aromatic N) is 3. The molecule has 0 aromatic heterocycles. The topological polar surface area (TPSA) is 90.4 Å². The lowest BCUT2D eigenvalue weighted by atomic mass is 9.92. The van der Waals surface area contributed by atoms with Gasteiger partial charge in [-0.1, -0.05) is 24.9 Å². The van der Waals surface area contributed by atoms with E-state index in [0.29, 0.717) is 56.9 Å². The quantitative estimate of drug-likeness (QED) is 0.581. The van der Waals surface area contributed by atoms with Crippen LogP contribution in [-0.2, 0) is 14.8 Å². The normalized spacial score (nSPS) is 25.9. The molecule has 10 heteroatoms. The van der Waals surface area contributed by atoms with E-state index in [4.69, 9.17) is 16.3 Å². The van der Waals surface area contributed by atoms with Crippen molar-refractivity contribution in [1.29, 1.82) is 0 Å². The zero-order valence-electron chi connectivity index (χ0n) is 21.0. The summed E-state index contributed by atoms with van der Waals surface area (Å²) in [5, 5.41) is 10.1. The molecule has 1 N–H and O–H groups in total. The van der Waals surface area contributed by atoms with Gasteiger partial charge < -0.3 is 14.7 Å². The Morgan fingerprint density at radius 2 is 1.77 bits per heavy atom. The molecule has 2 heterocycles. The number of sulfonamides is 1. The monoisotopic (exact) mass is 527 g/mol. The van der Waals surface area contributed by atoms with Crippen LogP contribution in [0.4, 0.5) is 4.79 Å². The third-order valence-corrected chi connectivity index (χ3v) is 10.2. The van der Waals surface area contributed by atoms with Crippen LogP contribution >= 0.6 is 11.6 Å². The van der Waals surface area contributed by atoms with Gasteiger partial charge in [0.15, 0.2) is 0 Å². The molecule has 0 bridgehead atoms. The molecule has 1 aliphatic carbocycles. The maximum Gasteiger partial charge on any atom is 0.410 e. The maximum atomic E-state index is 13.8. The van der Waals surface area contributed by atoms with Gasteiger partial charge in [-0.15, -0.1) is 0 Å². The summed E-state index contributed by atoms with van der Waals surface area (Å²) in [6, 6.07) is 5.79. The largest absolute Gasteiger partial charge is 0.441 e. The number of ether oxygens (including phenoxy) is 1. The molecule has 8 nitrogen and oxygen atoms in total. The molecule has 2 saturated heterocycles. The zero-order chi connectivity index (χ0) is 25.4. The number of piperazine rings is 1. The molecular formula is C25H38ClN3O5S. The van der Waals surface area contributed by atoms with Gasteiger partial charge >= 0.3 is 6.09 Å². The van der Waals surface area contributed by atoms with Gasteiger partial charge in [0.1, 0.15) is 5.60 Å². The first-order chi connectivity index (χ1) is 16.5.